The van der Waals surface area contributed by atoms with Gasteiger partial charge in [0, 0.05) is 12.7 Å². The number of hydrogen-bond acceptors (Lipinski definition) is 6. The van der Waals surface area contributed by atoms with E-state index < -0.39 is 30.0 Å². The summed E-state index contributed by atoms with van der Waals surface area (Å²) in [5, 5.41) is 17.0. The first kappa shape index (κ1) is 22.4. The van der Waals surface area contributed by atoms with E-state index in [4.69, 9.17) is 10.5 Å². The van der Waals surface area contributed by atoms with Gasteiger partial charge in [0.25, 0.3) is 0 Å². The fourth-order valence-corrected chi connectivity index (χ4v) is 2.14. The normalized spacial score (nSPS) is 12.9. The largest absolute Gasteiger partial charge is 0.445 e. The van der Waals surface area contributed by atoms with E-state index in [2.05, 4.69) is 16.0 Å². The highest BCUT2D eigenvalue weighted by atomic mass is 16.5. The zero-order chi connectivity index (χ0) is 20.6. The van der Waals surface area contributed by atoms with Crippen LogP contribution in [0, 0.1) is 5.92 Å². The number of benzene rings is 1. The summed E-state index contributed by atoms with van der Waals surface area (Å²) in [4.78, 5) is 35.5. The van der Waals surface area contributed by atoms with Crippen LogP contribution >= 0.6 is 0 Å². The van der Waals surface area contributed by atoms with Gasteiger partial charge in [-0.1, -0.05) is 19.9 Å². The van der Waals surface area contributed by atoms with E-state index in [1.807, 2.05) is 13.8 Å². The van der Waals surface area contributed by atoms with Crippen molar-refractivity contribution in [2.24, 2.45) is 11.7 Å². The smallest absolute Gasteiger partial charge is 0.407 e. The molecule has 0 radical (unpaired) electrons. The predicted octanol–water partition coefficient (Wildman–Crippen LogP) is 0.461. The third kappa shape index (κ3) is 6.87. The Morgan fingerprint density at radius 1 is 1.15 bits per heavy atom. The van der Waals surface area contributed by atoms with Gasteiger partial charge in [-0.05, 0) is 36.1 Å². The van der Waals surface area contributed by atoms with Gasteiger partial charge in [-0.3, -0.25) is 9.59 Å². The summed E-state index contributed by atoms with van der Waals surface area (Å²) in [5.41, 5.74) is 7.34. The van der Waals surface area contributed by atoms with Gasteiger partial charge < -0.3 is 31.5 Å². The Balaban J connectivity index is 2.78. The number of aliphatic hydroxyl groups is 1. The molecule has 0 aliphatic rings. The summed E-state index contributed by atoms with van der Waals surface area (Å²) in [5.74, 6) is -0.869. The van der Waals surface area contributed by atoms with Crippen LogP contribution in [0.5, 0.6) is 0 Å². The monoisotopic (exact) mass is 380 g/mol. The lowest BCUT2D eigenvalue weighted by atomic mass is 10.0. The van der Waals surface area contributed by atoms with Gasteiger partial charge in [-0.2, -0.15) is 0 Å². The maximum absolute atomic E-state index is 12.3. The van der Waals surface area contributed by atoms with Crippen molar-refractivity contribution in [3.63, 3.8) is 0 Å². The summed E-state index contributed by atoms with van der Waals surface area (Å²) < 4.78 is 4.98. The molecule has 150 valence electrons. The van der Waals surface area contributed by atoms with Gasteiger partial charge in [-0.25, -0.2) is 4.79 Å². The number of nitrogens with one attached hydrogen (secondary N) is 3. The molecule has 0 unspecified atom stereocenters. The van der Waals surface area contributed by atoms with E-state index in [1.54, 1.807) is 25.1 Å². The summed E-state index contributed by atoms with van der Waals surface area (Å²) >= 11 is 0. The van der Waals surface area contributed by atoms with E-state index in [0.717, 1.165) is 0 Å². The van der Waals surface area contributed by atoms with Crippen molar-refractivity contribution in [3.8, 4) is 0 Å². The molecule has 0 aromatic heterocycles. The van der Waals surface area contributed by atoms with Gasteiger partial charge in [0.1, 0.15) is 12.6 Å². The first-order valence-electron chi connectivity index (χ1n) is 8.63. The molecule has 0 saturated heterocycles. The molecule has 1 rings (SSSR count). The lowest BCUT2D eigenvalue weighted by molar-refractivity contribution is -0.127. The molecule has 6 N–H and O–H groups in total. The van der Waals surface area contributed by atoms with Gasteiger partial charge in [0.2, 0.25) is 11.8 Å². The Labute approximate surface area is 158 Å². The second kappa shape index (κ2) is 10.5. The quantitative estimate of drug-likeness (QED) is 0.443. The Morgan fingerprint density at radius 3 is 2.37 bits per heavy atom. The SMILES string of the molecule is CNC(=O)OCc1cc(NC(=O)[C@H](C)NC(=O)[C@@H](N)C(C)C)ccc1CO. The van der Waals surface area contributed by atoms with Gasteiger partial charge in [0.15, 0.2) is 0 Å². The number of alkyl carbamates (subject to hydrolysis) is 1. The minimum absolute atomic E-state index is 0.0471. The predicted molar refractivity (Wildman–Crippen MR) is 101 cm³/mol. The van der Waals surface area contributed by atoms with Crippen molar-refractivity contribution in [2.45, 2.75) is 46.1 Å². The fourth-order valence-electron chi connectivity index (χ4n) is 2.14. The highest BCUT2D eigenvalue weighted by Gasteiger charge is 2.22. The molecule has 9 nitrogen and oxygen atoms in total. The third-order valence-corrected chi connectivity index (χ3v) is 3.98. The highest BCUT2D eigenvalue weighted by Crippen LogP contribution is 2.18. The number of ether oxygens (including phenoxy) is 1. The third-order valence-electron chi connectivity index (χ3n) is 3.98. The molecule has 0 bridgehead atoms. The molecular formula is C18H28N4O5. The van der Waals surface area contributed by atoms with Crippen LogP contribution in [-0.2, 0) is 27.5 Å². The summed E-state index contributed by atoms with van der Waals surface area (Å²) in [6.45, 7) is 4.90. The summed E-state index contributed by atoms with van der Waals surface area (Å²) in [7, 11) is 1.44. The van der Waals surface area contributed by atoms with Crippen LogP contribution in [0.2, 0.25) is 0 Å². The summed E-state index contributed by atoms with van der Waals surface area (Å²) in [6, 6.07) is 3.35. The van der Waals surface area contributed by atoms with E-state index >= 15 is 0 Å². The topological polar surface area (TPSA) is 143 Å². The molecule has 2 atom stereocenters. The van der Waals surface area contributed by atoms with Crippen LogP contribution in [0.25, 0.3) is 0 Å². The Kier molecular flexibility index (Phi) is 8.70. The molecule has 0 saturated carbocycles. The zero-order valence-electron chi connectivity index (χ0n) is 16.0. The Morgan fingerprint density at radius 2 is 1.81 bits per heavy atom. The van der Waals surface area contributed by atoms with Crippen LogP contribution in [0.3, 0.4) is 0 Å². The minimum atomic E-state index is -0.787. The molecular weight excluding hydrogens is 352 g/mol. The van der Waals surface area contributed by atoms with Gasteiger partial charge >= 0.3 is 6.09 Å². The number of rotatable bonds is 8. The minimum Gasteiger partial charge on any atom is -0.445 e. The number of amides is 3. The van der Waals surface area contributed by atoms with Crippen molar-refractivity contribution in [3.05, 3.63) is 29.3 Å². The molecule has 0 aliphatic carbocycles. The van der Waals surface area contributed by atoms with Gasteiger partial charge in [-0.15, -0.1) is 0 Å². The van der Waals surface area contributed by atoms with Crippen molar-refractivity contribution in [1.29, 1.82) is 0 Å². The van der Waals surface area contributed by atoms with E-state index in [0.29, 0.717) is 16.8 Å². The highest BCUT2D eigenvalue weighted by molar-refractivity contribution is 5.97. The Bertz CT molecular complexity index is 678. The number of anilines is 1. The van der Waals surface area contributed by atoms with Crippen LogP contribution in [0.4, 0.5) is 10.5 Å². The molecule has 9 heteroatoms. The average Bonchev–Trinajstić information content (AvgIpc) is 2.65. The zero-order valence-corrected chi connectivity index (χ0v) is 16.0. The standard InChI is InChI=1S/C18H28N4O5/c1-10(2)15(19)17(25)21-11(3)16(24)22-14-6-5-12(8-23)13(7-14)9-27-18(26)20-4/h5-7,10-11,15,23H,8-9,19H2,1-4H3,(H,20,26)(H,21,25)(H,22,24)/t11-,15-/m0/s1. The van der Waals surface area contributed by atoms with Crippen LogP contribution in [0.15, 0.2) is 18.2 Å². The molecule has 0 aliphatic heterocycles. The van der Waals surface area contributed by atoms with Crippen molar-refractivity contribution >= 4 is 23.6 Å². The van der Waals surface area contributed by atoms with Crippen LogP contribution in [-0.4, -0.2) is 42.1 Å². The van der Waals surface area contributed by atoms with Gasteiger partial charge in [0.05, 0.1) is 12.6 Å². The Hall–Kier alpha value is -2.65. The molecule has 1 aromatic rings. The van der Waals surface area contributed by atoms with Crippen molar-refractivity contribution in [2.75, 3.05) is 12.4 Å². The molecule has 3 amide bonds. The van der Waals surface area contributed by atoms with Crippen molar-refractivity contribution in [1.82, 2.24) is 10.6 Å². The van der Waals surface area contributed by atoms with E-state index in [1.165, 1.54) is 7.05 Å². The number of hydrogen-bond donors (Lipinski definition) is 5. The first-order valence-corrected chi connectivity index (χ1v) is 8.63. The maximum Gasteiger partial charge on any atom is 0.407 e. The van der Waals surface area contributed by atoms with E-state index in [-0.39, 0.29) is 19.1 Å². The molecule has 27 heavy (non-hydrogen) atoms. The number of nitrogens with two attached hydrogens (primary N) is 1. The van der Waals surface area contributed by atoms with Crippen LogP contribution in [0.1, 0.15) is 31.9 Å². The maximum atomic E-state index is 12.3. The molecule has 0 heterocycles. The van der Waals surface area contributed by atoms with E-state index in [9.17, 15) is 19.5 Å². The fraction of sp³-hybridized carbons (Fsp3) is 0.500. The van der Waals surface area contributed by atoms with Crippen molar-refractivity contribution < 1.29 is 24.2 Å². The summed E-state index contributed by atoms with van der Waals surface area (Å²) in [6.07, 6.45) is -0.605. The lowest BCUT2D eigenvalue weighted by Gasteiger charge is -2.19. The number of carbonyl (C=O) groups excluding carboxylic acids is 3. The van der Waals surface area contributed by atoms with Crippen LogP contribution < -0.4 is 21.7 Å². The number of carbonyl (C=O) groups is 3. The average molecular weight is 380 g/mol. The molecule has 1 aromatic carbocycles. The molecule has 0 spiro atoms. The molecule has 0 fully saturated rings. The second-order valence-corrected chi connectivity index (χ2v) is 6.46. The lowest BCUT2D eigenvalue weighted by Crippen LogP contribution is -2.50. The number of aliphatic hydroxyl groups excluding tert-OH is 1. The second-order valence-electron chi connectivity index (χ2n) is 6.46. The first-order chi connectivity index (χ1) is 12.7.